The predicted octanol–water partition coefficient (Wildman–Crippen LogP) is 3.18. The van der Waals surface area contributed by atoms with Gasteiger partial charge >= 0.3 is 12.1 Å². The number of carboxylic acid groups (broad SMARTS) is 1. The molecule has 1 amide bonds. The number of nitrogens with zero attached hydrogens (tertiary/aromatic N) is 3. The summed E-state index contributed by atoms with van der Waals surface area (Å²) in [5, 5.41) is 10.0. The molecule has 35 heavy (non-hydrogen) atoms. The van der Waals surface area contributed by atoms with Crippen molar-refractivity contribution in [2.75, 3.05) is 25.0 Å². The van der Waals surface area contributed by atoms with Gasteiger partial charge in [-0.05, 0) is 56.0 Å². The van der Waals surface area contributed by atoms with Gasteiger partial charge in [-0.3, -0.25) is 14.0 Å². The number of amides is 1. The molecule has 1 saturated heterocycles. The van der Waals surface area contributed by atoms with Crippen molar-refractivity contribution in [3.63, 3.8) is 0 Å². The van der Waals surface area contributed by atoms with Crippen molar-refractivity contribution < 1.29 is 27.9 Å². The van der Waals surface area contributed by atoms with Gasteiger partial charge in [0.1, 0.15) is 17.5 Å². The molecule has 12 heteroatoms. The van der Waals surface area contributed by atoms with Gasteiger partial charge in [0, 0.05) is 18.4 Å². The third-order valence-electron chi connectivity index (χ3n) is 5.72. The average molecular weight is 493 g/mol. The summed E-state index contributed by atoms with van der Waals surface area (Å²) < 4.78 is 33.2. The standard InChI is InChI=1S/C21H25N5O2.C2HF3O2/c1-15-5-8-25(9-6-15)10-7-16-3-2-4-17(11-16)24-21(28)19-13-23-20(27)18-12-22-14-26(18)19;3-2(4,5)1(6)7/h2-4,11-15H,5-10H2,1H3,(H,23,27)(H,24,28);(H,6,7). The molecule has 0 atom stereocenters. The summed E-state index contributed by atoms with van der Waals surface area (Å²) in [6, 6.07) is 7.95. The number of H-pyrrole nitrogens is 1. The molecule has 0 bridgehead atoms. The van der Waals surface area contributed by atoms with Gasteiger partial charge in [-0.15, -0.1) is 0 Å². The highest BCUT2D eigenvalue weighted by Crippen LogP contribution is 2.18. The van der Waals surface area contributed by atoms with E-state index in [1.807, 2.05) is 18.2 Å². The Morgan fingerprint density at radius 2 is 1.94 bits per heavy atom. The molecular weight excluding hydrogens is 467 g/mol. The summed E-state index contributed by atoms with van der Waals surface area (Å²) in [7, 11) is 0. The number of aromatic amines is 1. The Morgan fingerprint density at radius 1 is 1.26 bits per heavy atom. The molecule has 0 spiro atoms. The number of alkyl halides is 3. The van der Waals surface area contributed by atoms with Gasteiger partial charge < -0.3 is 20.3 Å². The van der Waals surface area contributed by atoms with Crippen molar-refractivity contribution >= 4 is 23.1 Å². The van der Waals surface area contributed by atoms with Crippen LogP contribution in [0.1, 0.15) is 35.8 Å². The highest BCUT2D eigenvalue weighted by atomic mass is 19.4. The minimum atomic E-state index is -5.08. The second kappa shape index (κ2) is 11.2. The molecule has 0 unspecified atom stereocenters. The van der Waals surface area contributed by atoms with Gasteiger partial charge in [0.05, 0.1) is 6.20 Å². The van der Waals surface area contributed by atoms with Crippen molar-refractivity contribution in [1.29, 1.82) is 0 Å². The summed E-state index contributed by atoms with van der Waals surface area (Å²) >= 11 is 0. The van der Waals surface area contributed by atoms with Crippen LogP contribution >= 0.6 is 0 Å². The van der Waals surface area contributed by atoms with Crippen LogP contribution in [-0.2, 0) is 11.2 Å². The third kappa shape index (κ3) is 7.15. The number of imidazole rings is 1. The Bertz CT molecular complexity index is 1230. The maximum Gasteiger partial charge on any atom is 0.490 e. The Kier molecular flexibility index (Phi) is 8.28. The third-order valence-corrected chi connectivity index (χ3v) is 5.72. The normalized spacial score (nSPS) is 14.9. The smallest absolute Gasteiger partial charge is 0.475 e. The van der Waals surface area contributed by atoms with Gasteiger partial charge in [-0.2, -0.15) is 13.2 Å². The van der Waals surface area contributed by atoms with Crippen LogP contribution in [0.3, 0.4) is 0 Å². The van der Waals surface area contributed by atoms with E-state index in [0.717, 1.165) is 24.6 Å². The number of likely N-dealkylation sites (tertiary alicyclic amines) is 1. The number of carbonyl (C=O) groups is 2. The number of anilines is 1. The molecule has 1 fully saturated rings. The van der Waals surface area contributed by atoms with Gasteiger partial charge in [-0.1, -0.05) is 19.1 Å². The van der Waals surface area contributed by atoms with Crippen LogP contribution in [0.2, 0.25) is 0 Å². The lowest BCUT2D eigenvalue weighted by atomic mass is 9.99. The number of benzene rings is 1. The molecule has 1 aromatic carbocycles. The summed E-state index contributed by atoms with van der Waals surface area (Å²) in [5.41, 5.74) is 2.35. The first-order chi connectivity index (χ1) is 16.5. The van der Waals surface area contributed by atoms with E-state index in [0.29, 0.717) is 11.2 Å². The Morgan fingerprint density at radius 3 is 2.60 bits per heavy atom. The lowest BCUT2D eigenvalue weighted by molar-refractivity contribution is -0.192. The SMILES string of the molecule is CC1CCN(CCc2cccc(NC(=O)c3c[nH]c(=O)c4cncn34)c2)CC1.O=C(O)C(F)(F)F. The van der Waals surface area contributed by atoms with Crippen molar-refractivity contribution in [3.05, 3.63) is 64.6 Å². The molecule has 3 aromatic rings. The van der Waals surface area contributed by atoms with Crippen molar-refractivity contribution in [2.45, 2.75) is 32.4 Å². The van der Waals surface area contributed by atoms with Gasteiger partial charge in [-0.25, -0.2) is 9.78 Å². The molecule has 9 nitrogen and oxygen atoms in total. The average Bonchev–Trinajstić information content (AvgIpc) is 3.30. The van der Waals surface area contributed by atoms with E-state index in [1.165, 1.54) is 54.6 Å². The lowest BCUT2D eigenvalue weighted by Gasteiger charge is -2.30. The number of aliphatic carboxylic acids is 1. The molecule has 2 aromatic heterocycles. The zero-order chi connectivity index (χ0) is 25.6. The van der Waals surface area contributed by atoms with E-state index in [4.69, 9.17) is 9.90 Å². The van der Waals surface area contributed by atoms with Crippen LogP contribution in [0.15, 0.2) is 47.8 Å². The fourth-order valence-electron chi connectivity index (χ4n) is 3.68. The Hall–Kier alpha value is -3.67. The van der Waals surface area contributed by atoms with E-state index in [9.17, 15) is 22.8 Å². The van der Waals surface area contributed by atoms with Crippen LogP contribution in [0.4, 0.5) is 18.9 Å². The number of nitrogens with one attached hydrogen (secondary N) is 2. The van der Waals surface area contributed by atoms with E-state index in [2.05, 4.69) is 33.2 Å². The minimum Gasteiger partial charge on any atom is -0.475 e. The van der Waals surface area contributed by atoms with Crippen LogP contribution in [0.25, 0.3) is 5.52 Å². The summed E-state index contributed by atoms with van der Waals surface area (Å²) in [6.45, 7) is 5.71. The van der Waals surface area contributed by atoms with Crippen molar-refractivity contribution in [1.82, 2.24) is 19.3 Å². The molecule has 0 saturated carbocycles. The largest absolute Gasteiger partial charge is 0.490 e. The van der Waals surface area contributed by atoms with Crippen LogP contribution in [-0.4, -0.2) is 62.1 Å². The number of hydrogen-bond acceptors (Lipinski definition) is 5. The molecule has 4 rings (SSSR count). The zero-order valence-electron chi connectivity index (χ0n) is 19.0. The molecular formula is C23H26F3N5O4. The van der Waals surface area contributed by atoms with E-state index in [-0.39, 0.29) is 11.5 Å². The summed E-state index contributed by atoms with van der Waals surface area (Å²) in [5.74, 6) is -2.21. The second-order valence-corrected chi connectivity index (χ2v) is 8.38. The number of piperidine rings is 1. The van der Waals surface area contributed by atoms with Gasteiger partial charge in [0.15, 0.2) is 0 Å². The predicted molar refractivity (Wildman–Crippen MR) is 122 cm³/mol. The van der Waals surface area contributed by atoms with E-state index < -0.39 is 12.1 Å². The van der Waals surface area contributed by atoms with Crippen LogP contribution < -0.4 is 10.9 Å². The number of halogens is 3. The molecule has 1 aliphatic heterocycles. The maximum absolute atomic E-state index is 12.7. The van der Waals surface area contributed by atoms with Gasteiger partial charge in [0.25, 0.3) is 11.5 Å². The minimum absolute atomic E-state index is 0.275. The van der Waals surface area contributed by atoms with Crippen molar-refractivity contribution in [3.8, 4) is 0 Å². The number of carbonyl (C=O) groups excluding carboxylic acids is 1. The van der Waals surface area contributed by atoms with E-state index in [1.54, 1.807) is 0 Å². The highest BCUT2D eigenvalue weighted by Gasteiger charge is 2.38. The fraction of sp³-hybridized carbons (Fsp3) is 0.391. The number of rotatable bonds is 5. The monoisotopic (exact) mass is 493 g/mol. The number of aromatic nitrogens is 3. The fourth-order valence-corrected chi connectivity index (χ4v) is 3.68. The molecule has 1 aliphatic rings. The first-order valence-corrected chi connectivity index (χ1v) is 11.0. The van der Waals surface area contributed by atoms with Crippen molar-refractivity contribution in [2.24, 2.45) is 5.92 Å². The maximum atomic E-state index is 12.7. The molecule has 3 N–H and O–H groups in total. The highest BCUT2D eigenvalue weighted by molar-refractivity contribution is 6.03. The zero-order valence-corrected chi connectivity index (χ0v) is 19.0. The van der Waals surface area contributed by atoms with Crippen LogP contribution in [0, 0.1) is 5.92 Å². The topological polar surface area (TPSA) is 120 Å². The molecule has 0 aliphatic carbocycles. The lowest BCUT2D eigenvalue weighted by Crippen LogP contribution is -2.34. The van der Waals surface area contributed by atoms with E-state index >= 15 is 0 Å². The number of carboxylic acids is 1. The quantitative estimate of drug-likeness (QED) is 0.502. The van der Waals surface area contributed by atoms with Crippen LogP contribution in [0.5, 0.6) is 0 Å². The Balaban J connectivity index is 0.000000429. The molecule has 188 valence electrons. The first-order valence-electron chi connectivity index (χ1n) is 11.0. The first kappa shape index (κ1) is 25.9. The molecule has 0 radical (unpaired) electrons. The number of fused-ring (bicyclic) bond motifs is 1. The summed E-state index contributed by atoms with van der Waals surface area (Å²) in [6.07, 6.45) is 2.75. The summed E-state index contributed by atoms with van der Waals surface area (Å²) in [4.78, 5) is 42.4. The molecule has 3 heterocycles. The number of hydrogen-bond donors (Lipinski definition) is 3. The Labute approximate surface area is 198 Å². The van der Waals surface area contributed by atoms with Gasteiger partial charge in [0.2, 0.25) is 0 Å². The second-order valence-electron chi connectivity index (χ2n) is 8.38.